The highest BCUT2D eigenvalue weighted by Gasteiger charge is 2.37. The highest BCUT2D eigenvalue weighted by molar-refractivity contribution is 5.75. The maximum absolute atomic E-state index is 11.7. The highest BCUT2D eigenvalue weighted by Crippen LogP contribution is 2.31. The van der Waals surface area contributed by atoms with Gasteiger partial charge in [-0.05, 0) is 26.7 Å². The number of esters is 1. The van der Waals surface area contributed by atoms with Gasteiger partial charge in [0.1, 0.15) is 6.61 Å². The standard InChI is InChI=1S/C14H26O4/c1-5-13(3,4)12(15)18-8-7-16-9-14(6-2)10-17-11-14/h5-11H2,1-4H3. The summed E-state index contributed by atoms with van der Waals surface area (Å²) in [6.45, 7) is 11.0. The van der Waals surface area contributed by atoms with Crippen LogP contribution in [0.4, 0.5) is 0 Å². The third-order valence-electron chi connectivity index (χ3n) is 3.87. The van der Waals surface area contributed by atoms with Crippen molar-refractivity contribution in [2.75, 3.05) is 33.0 Å². The Morgan fingerprint density at radius 2 is 1.94 bits per heavy atom. The lowest BCUT2D eigenvalue weighted by atomic mass is 9.84. The van der Waals surface area contributed by atoms with Crippen LogP contribution in [0, 0.1) is 10.8 Å². The summed E-state index contributed by atoms with van der Waals surface area (Å²) in [6, 6.07) is 0. The Hall–Kier alpha value is -0.610. The minimum atomic E-state index is -0.396. The summed E-state index contributed by atoms with van der Waals surface area (Å²) in [5.74, 6) is -0.147. The number of ether oxygens (including phenoxy) is 3. The van der Waals surface area contributed by atoms with Gasteiger partial charge in [-0.25, -0.2) is 0 Å². The molecule has 0 aliphatic carbocycles. The van der Waals surface area contributed by atoms with Crippen molar-refractivity contribution in [3.63, 3.8) is 0 Å². The van der Waals surface area contributed by atoms with Gasteiger partial charge in [-0.3, -0.25) is 4.79 Å². The third kappa shape index (κ3) is 3.95. The van der Waals surface area contributed by atoms with Gasteiger partial charge in [0, 0.05) is 5.41 Å². The summed E-state index contributed by atoms with van der Waals surface area (Å²) in [4.78, 5) is 11.7. The van der Waals surface area contributed by atoms with Gasteiger partial charge in [0.25, 0.3) is 0 Å². The van der Waals surface area contributed by atoms with Crippen molar-refractivity contribution in [1.29, 1.82) is 0 Å². The van der Waals surface area contributed by atoms with E-state index in [1.54, 1.807) is 0 Å². The zero-order valence-corrected chi connectivity index (χ0v) is 12.1. The molecule has 0 amide bonds. The second-order valence-electron chi connectivity index (χ2n) is 5.77. The number of hydrogen-bond donors (Lipinski definition) is 0. The van der Waals surface area contributed by atoms with Crippen LogP contribution in [0.2, 0.25) is 0 Å². The molecule has 1 rings (SSSR count). The predicted molar refractivity (Wildman–Crippen MR) is 69.4 cm³/mol. The average Bonchev–Trinajstić information content (AvgIpc) is 2.31. The van der Waals surface area contributed by atoms with E-state index in [0.717, 1.165) is 26.1 Å². The van der Waals surface area contributed by atoms with Crippen LogP contribution in [0.15, 0.2) is 0 Å². The van der Waals surface area contributed by atoms with E-state index in [9.17, 15) is 4.79 Å². The Morgan fingerprint density at radius 3 is 2.39 bits per heavy atom. The van der Waals surface area contributed by atoms with Gasteiger partial charge in [0.05, 0.1) is 31.8 Å². The molecule has 1 heterocycles. The Kier molecular flexibility index (Phi) is 5.60. The first-order valence-corrected chi connectivity index (χ1v) is 6.78. The molecule has 106 valence electrons. The number of hydrogen-bond acceptors (Lipinski definition) is 4. The average molecular weight is 258 g/mol. The van der Waals surface area contributed by atoms with Gasteiger partial charge in [-0.15, -0.1) is 0 Å². The lowest BCUT2D eigenvalue weighted by Crippen LogP contribution is -2.45. The van der Waals surface area contributed by atoms with Crippen molar-refractivity contribution in [3.05, 3.63) is 0 Å². The SMILES string of the molecule is CCC1(COCCOC(=O)C(C)(C)CC)COC1. The maximum atomic E-state index is 11.7. The van der Waals surface area contributed by atoms with Crippen molar-refractivity contribution in [2.24, 2.45) is 10.8 Å². The van der Waals surface area contributed by atoms with Crippen LogP contribution in [0.5, 0.6) is 0 Å². The van der Waals surface area contributed by atoms with Crippen molar-refractivity contribution < 1.29 is 19.0 Å². The molecule has 0 bridgehead atoms. The van der Waals surface area contributed by atoms with E-state index in [1.165, 1.54) is 0 Å². The minimum Gasteiger partial charge on any atom is -0.463 e. The van der Waals surface area contributed by atoms with E-state index in [4.69, 9.17) is 14.2 Å². The molecule has 0 unspecified atom stereocenters. The van der Waals surface area contributed by atoms with Gasteiger partial charge in [0.15, 0.2) is 0 Å². The first-order valence-electron chi connectivity index (χ1n) is 6.78. The highest BCUT2D eigenvalue weighted by atomic mass is 16.6. The Labute approximate surface area is 110 Å². The molecule has 4 nitrogen and oxygen atoms in total. The summed E-state index contributed by atoms with van der Waals surface area (Å²) in [6.07, 6.45) is 1.85. The fraction of sp³-hybridized carbons (Fsp3) is 0.929. The number of carbonyl (C=O) groups excluding carboxylic acids is 1. The molecular weight excluding hydrogens is 232 g/mol. The quantitative estimate of drug-likeness (QED) is 0.495. The van der Waals surface area contributed by atoms with Crippen LogP contribution in [0.25, 0.3) is 0 Å². The smallest absolute Gasteiger partial charge is 0.311 e. The normalized spacial score (nSPS) is 18.2. The topological polar surface area (TPSA) is 44.8 Å². The largest absolute Gasteiger partial charge is 0.463 e. The van der Waals surface area contributed by atoms with E-state index in [2.05, 4.69) is 6.92 Å². The van der Waals surface area contributed by atoms with Crippen LogP contribution >= 0.6 is 0 Å². The van der Waals surface area contributed by atoms with Crippen LogP contribution in [0.1, 0.15) is 40.5 Å². The molecule has 0 aromatic heterocycles. The van der Waals surface area contributed by atoms with E-state index in [-0.39, 0.29) is 11.4 Å². The van der Waals surface area contributed by atoms with Gasteiger partial charge in [-0.2, -0.15) is 0 Å². The summed E-state index contributed by atoms with van der Waals surface area (Å²) in [5, 5.41) is 0. The molecule has 0 saturated carbocycles. The van der Waals surface area contributed by atoms with Gasteiger partial charge >= 0.3 is 5.97 Å². The lowest BCUT2D eigenvalue weighted by Gasteiger charge is -2.40. The molecular formula is C14H26O4. The van der Waals surface area contributed by atoms with Gasteiger partial charge in [-0.1, -0.05) is 13.8 Å². The first-order chi connectivity index (χ1) is 8.46. The molecule has 0 radical (unpaired) electrons. The zero-order chi connectivity index (χ0) is 13.6. The fourth-order valence-electron chi connectivity index (χ4n) is 1.60. The first kappa shape index (κ1) is 15.4. The minimum absolute atomic E-state index is 0.147. The summed E-state index contributed by atoms with van der Waals surface area (Å²) in [5.41, 5.74) is -0.195. The summed E-state index contributed by atoms with van der Waals surface area (Å²) >= 11 is 0. The predicted octanol–water partition coefficient (Wildman–Crippen LogP) is 2.41. The molecule has 4 heteroatoms. The second kappa shape index (κ2) is 6.53. The number of rotatable bonds is 8. The van der Waals surface area contributed by atoms with Gasteiger partial charge < -0.3 is 14.2 Å². The molecule has 18 heavy (non-hydrogen) atoms. The molecule has 1 aliphatic rings. The molecule has 1 aliphatic heterocycles. The Balaban J connectivity index is 2.10. The molecule has 0 aromatic carbocycles. The molecule has 0 atom stereocenters. The fourth-order valence-corrected chi connectivity index (χ4v) is 1.60. The van der Waals surface area contributed by atoms with E-state index in [0.29, 0.717) is 19.8 Å². The maximum Gasteiger partial charge on any atom is 0.311 e. The van der Waals surface area contributed by atoms with Crippen molar-refractivity contribution >= 4 is 5.97 Å². The molecule has 1 fully saturated rings. The van der Waals surface area contributed by atoms with Crippen LogP contribution in [0.3, 0.4) is 0 Å². The molecule has 0 N–H and O–H groups in total. The van der Waals surface area contributed by atoms with Gasteiger partial charge in [0.2, 0.25) is 0 Å². The monoisotopic (exact) mass is 258 g/mol. The Bertz CT molecular complexity index is 263. The van der Waals surface area contributed by atoms with Crippen molar-refractivity contribution in [3.8, 4) is 0 Å². The molecule has 1 saturated heterocycles. The zero-order valence-electron chi connectivity index (χ0n) is 12.1. The second-order valence-corrected chi connectivity index (χ2v) is 5.77. The lowest BCUT2D eigenvalue weighted by molar-refractivity contribution is -0.163. The third-order valence-corrected chi connectivity index (χ3v) is 3.87. The summed E-state index contributed by atoms with van der Waals surface area (Å²) in [7, 11) is 0. The molecule has 0 aromatic rings. The summed E-state index contributed by atoms with van der Waals surface area (Å²) < 4.78 is 16.0. The van der Waals surface area contributed by atoms with Crippen LogP contribution < -0.4 is 0 Å². The van der Waals surface area contributed by atoms with Crippen molar-refractivity contribution in [2.45, 2.75) is 40.5 Å². The Morgan fingerprint density at radius 1 is 1.28 bits per heavy atom. The van der Waals surface area contributed by atoms with E-state index >= 15 is 0 Å². The molecule has 0 spiro atoms. The van der Waals surface area contributed by atoms with E-state index in [1.807, 2.05) is 20.8 Å². The van der Waals surface area contributed by atoms with E-state index < -0.39 is 5.41 Å². The van der Waals surface area contributed by atoms with Crippen molar-refractivity contribution in [1.82, 2.24) is 0 Å². The van der Waals surface area contributed by atoms with Crippen LogP contribution in [-0.4, -0.2) is 39.0 Å². The van der Waals surface area contributed by atoms with Crippen LogP contribution in [-0.2, 0) is 19.0 Å². The number of carbonyl (C=O) groups is 1.